The normalized spacial score (nSPS) is 29.1. The molecule has 0 aromatic carbocycles. The molecule has 154 valence electrons. The van der Waals surface area contributed by atoms with E-state index in [2.05, 4.69) is 4.98 Å². The number of hydrogen-bond donors (Lipinski definition) is 1. The predicted octanol–water partition coefficient (Wildman–Crippen LogP) is 3.05. The second-order valence-corrected chi connectivity index (χ2v) is 9.13. The first-order valence-corrected chi connectivity index (χ1v) is 9.63. The number of alkyl halides is 3. The van der Waals surface area contributed by atoms with Gasteiger partial charge in [0.25, 0.3) is 0 Å². The number of aromatic nitrogens is 1. The molecule has 0 unspecified atom stereocenters. The molecule has 0 radical (unpaired) electrons. The van der Waals surface area contributed by atoms with Crippen LogP contribution in [0.5, 0.6) is 5.88 Å². The van der Waals surface area contributed by atoms with Gasteiger partial charge in [0.2, 0.25) is 11.8 Å². The minimum absolute atomic E-state index is 0.0490. The van der Waals surface area contributed by atoms with Gasteiger partial charge in [-0.05, 0) is 57.1 Å². The fraction of sp³-hybridized carbons (Fsp3) is 0.700. The second kappa shape index (κ2) is 6.34. The predicted molar refractivity (Wildman–Crippen MR) is 94.6 cm³/mol. The first kappa shape index (κ1) is 19.5. The standard InChI is InChI=1S/C20H25F3N2O3/c1-18(27)8-13(9-18)17(26)25-10-19(11-25)6-12(7-19)5-14-3-4-15(20(21,22)23)16(24-14)28-2/h3-4,12-13,27H,5-11H2,1-2H3. The van der Waals surface area contributed by atoms with E-state index in [1.165, 1.54) is 13.2 Å². The SMILES string of the molecule is COc1nc(CC2CC3(C2)CN(C(=O)C2CC(C)(O)C2)C3)ccc1C(F)(F)F. The van der Waals surface area contributed by atoms with Crippen LogP contribution in [0.3, 0.4) is 0 Å². The van der Waals surface area contributed by atoms with Crippen LogP contribution in [0.25, 0.3) is 0 Å². The Balaban J connectivity index is 1.27. The molecule has 1 spiro atoms. The summed E-state index contributed by atoms with van der Waals surface area (Å²) in [6.07, 6.45) is -0.851. The number of amides is 1. The van der Waals surface area contributed by atoms with E-state index in [1.54, 1.807) is 6.92 Å². The summed E-state index contributed by atoms with van der Waals surface area (Å²) >= 11 is 0. The highest BCUT2D eigenvalue weighted by atomic mass is 19.4. The Kier molecular flexibility index (Phi) is 4.41. The topological polar surface area (TPSA) is 62.7 Å². The van der Waals surface area contributed by atoms with Crippen LogP contribution in [-0.4, -0.2) is 46.7 Å². The van der Waals surface area contributed by atoms with Crippen molar-refractivity contribution < 1.29 is 27.8 Å². The van der Waals surface area contributed by atoms with Crippen LogP contribution >= 0.6 is 0 Å². The smallest absolute Gasteiger partial charge is 0.421 e. The molecule has 3 fully saturated rings. The van der Waals surface area contributed by atoms with Crippen molar-refractivity contribution >= 4 is 5.91 Å². The van der Waals surface area contributed by atoms with Crippen LogP contribution in [0.1, 0.15) is 43.9 Å². The van der Waals surface area contributed by atoms with Crippen LogP contribution in [0, 0.1) is 17.3 Å². The highest BCUT2D eigenvalue weighted by molar-refractivity contribution is 5.81. The lowest BCUT2D eigenvalue weighted by Gasteiger charge is -2.60. The van der Waals surface area contributed by atoms with Crippen LogP contribution in [0.15, 0.2) is 12.1 Å². The molecule has 4 rings (SSSR count). The quantitative estimate of drug-likeness (QED) is 0.847. The maximum atomic E-state index is 12.9. The minimum atomic E-state index is -4.48. The first-order valence-electron chi connectivity index (χ1n) is 9.63. The van der Waals surface area contributed by atoms with Crippen LogP contribution in [0.4, 0.5) is 13.2 Å². The van der Waals surface area contributed by atoms with Crippen molar-refractivity contribution in [3.63, 3.8) is 0 Å². The molecule has 5 nitrogen and oxygen atoms in total. The van der Waals surface area contributed by atoms with Crippen molar-refractivity contribution in [1.82, 2.24) is 9.88 Å². The number of methoxy groups -OCH3 is 1. The van der Waals surface area contributed by atoms with E-state index in [1.807, 2.05) is 4.90 Å². The number of aliphatic hydroxyl groups is 1. The van der Waals surface area contributed by atoms with E-state index in [0.717, 1.165) is 32.0 Å². The van der Waals surface area contributed by atoms with Crippen LogP contribution in [-0.2, 0) is 17.4 Å². The Morgan fingerprint density at radius 2 is 1.93 bits per heavy atom. The lowest BCUT2D eigenvalue weighted by atomic mass is 9.56. The van der Waals surface area contributed by atoms with Crippen molar-refractivity contribution in [3.05, 3.63) is 23.4 Å². The molecular weight excluding hydrogens is 373 g/mol. The molecule has 3 aliphatic rings. The van der Waals surface area contributed by atoms with Gasteiger partial charge in [-0.3, -0.25) is 4.79 Å². The Morgan fingerprint density at radius 1 is 1.29 bits per heavy atom. The molecule has 2 aliphatic carbocycles. The number of rotatable bonds is 4. The van der Waals surface area contributed by atoms with E-state index >= 15 is 0 Å². The number of nitrogens with zero attached hydrogens (tertiary/aromatic N) is 2. The van der Waals surface area contributed by atoms with Crippen molar-refractivity contribution in [2.75, 3.05) is 20.2 Å². The second-order valence-electron chi connectivity index (χ2n) is 9.13. The summed E-state index contributed by atoms with van der Waals surface area (Å²) in [4.78, 5) is 18.3. The molecule has 1 saturated heterocycles. The number of pyridine rings is 1. The third kappa shape index (κ3) is 3.47. The molecule has 2 saturated carbocycles. The first-order chi connectivity index (χ1) is 13.0. The maximum Gasteiger partial charge on any atom is 0.421 e. The Hall–Kier alpha value is -1.83. The van der Waals surface area contributed by atoms with Crippen molar-refractivity contribution in [3.8, 4) is 5.88 Å². The van der Waals surface area contributed by atoms with Gasteiger partial charge in [-0.25, -0.2) is 4.98 Å². The Labute approximate surface area is 161 Å². The van der Waals surface area contributed by atoms with Crippen LogP contribution in [0.2, 0.25) is 0 Å². The summed E-state index contributed by atoms with van der Waals surface area (Å²) in [5, 5.41) is 9.79. The van der Waals surface area contributed by atoms with Gasteiger partial charge in [0.15, 0.2) is 0 Å². The Morgan fingerprint density at radius 3 is 2.46 bits per heavy atom. The summed E-state index contributed by atoms with van der Waals surface area (Å²) in [7, 11) is 1.20. The van der Waals surface area contributed by atoms with Gasteiger partial charge in [-0.15, -0.1) is 0 Å². The van der Waals surface area contributed by atoms with Crippen molar-refractivity contribution in [1.29, 1.82) is 0 Å². The lowest BCUT2D eigenvalue weighted by molar-refractivity contribution is -0.171. The fourth-order valence-corrected chi connectivity index (χ4v) is 5.18. The molecule has 1 aliphatic heterocycles. The Bertz CT molecular complexity index is 771. The number of hydrogen-bond acceptors (Lipinski definition) is 4. The van der Waals surface area contributed by atoms with Crippen LogP contribution < -0.4 is 4.74 Å². The summed E-state index contributed by atoms with van der Waals surface area (Å²) in [6, 6.07) is 2.46. The summed E-state index contributed by atoms with van der Waals surface area (Å²) in [5.74, 6) is 0.0910. The number of ether oxygens (including phenoxy) is 1. The molecule has 0 bridgehead atoms. The van der Waals surface area contributed by atoms with E-state index in [4.69, 9.17) is 4.74 Å². The fourth-order valence-electron chi connectivity index (χ4n) is 5.18. The van der Waals surface area contributed by atoms with Crippen molar-refractivity contribution in [2.45, 2.75) is 50.8 Å². The summed E-state index contributed by atoms with van der Waals surface area (Å²) < 4.78 is 43.6. The van der Waals surface area contributed by atoms with Gasteiger partial charge >= 0.3 is 6.18 Å². The highest BCUT2D eigenvalue weighted by Crippen LogP contribution is 2.54. The number of halogens is 3. The summed E-state index contributed by atoms with van der Waals surface area (Å²) in [5.41, 5.74) is -0.774. The summed E-state index contributed by atoms with van der Waals surface area (Å²) in [6.45, 7) is 3.27. The molecule has 2 heterocycles. The van der Waals surface area contributed by atoms with E-state index in [0.29, 0.717) is 30.9 Å². The maximum absolute atomic E-state index is 12.9. The van der Waals surface area contributed by atoms with Gasteiger partial charge in [0, 0.05) is 30.1 Å². The molecule has 8 heteroatoms. The van der Waals surface area contributed by atoms with E-state index < -0.39 is 17.3 Å². The zero-order valence-corrected chi connectivity index (χ0v) is 16.1. The van der Waals surface area contributed by atoms with Gasteiger partial charge in [0.05, 0.1) is 12.7 Å². The highest BCUT2D eigenvalue weighted by Gasteiger charge is 2.55. The van der Waals surface area contributed by atoms with Gasteiger partial charge < -0.3 is 14.7 Å². The largest absolute Gasteiger partial charge is 0.481 e. The molecule has 1 amide bonds. The molecule has 0 atom stereocenters. The lowest BCUT2D eigenvalue weighted by Crippen LogP contribution is -2.66. The zero-order valence-electron chi connectivity index (χ0n) is 16.1. The molecule has 1 aromatic heterocycles. The zero-order chi connectivity index (χ0) is 20.3. The molecule has 1 N–H and O–H groups in total. The average Bonchev–Trinajstić information content (AvgIpc) is 2.51. The molecular formula is C20H25F3N2O3. The number of likely N-dealkylation sites (tertiary alicyclic amines) is 1. The number of carbonyl (C=O) groups is 1. The van der Waals surface area contributed by atoms with Crippen molar-refractivity contribution in [2.24, 2.45) is 17.3 Å². The number of carbonyl (C=O) groups excluding carboxylic acids is 1. The van der Waals surface area contributed by atoms with E-state index in [-0.39, 0.29) is 23.1 Å². The third-order valence-corrected chi connectivity index (χ3v) is 6.44. The van der Waals surface area contributed by atoms with Gasteiger partial charge in [-0.2, -0.15) is 13.2 Å². The monoisotopic (exact) mass is 398 g/mol. The van der Waals surface area contributed by atoms with Gasteiger partial charge in [0.1, 0.15) is 5.56 Å². The average molecular weight is 398 g/mol. The van der Waals surface area contributed by atoms with E-state index in [9.17, 15) is 23.1 Å². The minimum Gasteiger partial charge on any atom is -0.481 e. The third-order valence-electron chi connectivity index (χ3n) is 6.44. The molecule has 28 heavy (non-hydrogen) atoms. The van der Waals surface area contributed by atoms with Gasteiger partial charge in [-0.1, -0.05) is 0 Å². The molecule has 1 aromatic rings.